The topological polar surface area (TPSA) is 110 Å². The fraction of sp³-hybridized carbons (Fsp3) is 0.290. The van der Waals surface area contributed by atoms with Gasteiger partial charge in [0.2, 0.25) is 0 Å². The van der Waals surface area contributed by atoms with E-state index in [0.29, 0.717) is 52.0 Å². The van der Waals surface area contributed by atoms with Crippen LogP contribution in [0.2, 0.25) is 0 Å². The Hall–Kier alpha value is -4.86. The number of piperidine rings is 1. The van der Waals surface area contributed by atoms with E-state index in [1.807, 2.05) is 42.5 Å². The molecule has 1 saturated heterocycles. The lowest BCUT2D eigenvalue weighted by Gasteiger charge is -2.35. The summed E-state index contributed by atoms with van der Waals surface area (Å²) < 4.78 is 11.5. The van der Waals surface area contributed by atoms with Gasteiger partial charge in [-0.3, -0.25) is 4.98 Å². The number of nitrogens with zero attached hydrogens (tertiary/aromatic N) is 6. The Morgan fingerprint density at radius 2 is 1.85 bits per heavy atom. The normalized spacial score (nSPS) is 13.6. The van der Waals surface area contributed by atoms with Crippen LogP contribution < -0.4 is 19.7 Å². The summed E-state index contributed by atoms with van der Waals surface area (Å²) in [5.41, 5.74) is 4.54. The first-order valence-electron chi connectivity index (χ1n) is 13.2. The molecule has 0 amide bonds. The molecule has 4 aromatic rings. The second-order valence-electron chi connectivity index (χ2n) is 9.97. The van der Waals surface area contributed by atoms with Gasteiger partial charge >= 0.3 is 0 Å². The van der Waals surface area contributed by atoms with Gasteiger partial charge in [-0.15, -0.1) is 0 Å². The van der Waals surface area contributed by atoms with Gasteiger partial charge in [0.25, 0.3) is 0 Å². The Bertz CT molecular complexity index is 1600. The van der Waals surface area contributed by atoms with E-state index in [1.165, 1.54) is 0 Å². The lowest BCUT2D eigenvalue weighted by atomic mass is 10.0. The van der Waals surface area contributed by atoms with E-state index in [1.54, 1.807) is 25.4 Å². The maximum atomic E-state index is 10.1. The van der Waals surface area contributed by atoms with Crippen molar-refractivity contribution in [2.45, 2.75) is 25.5 Å². The number of benzene rings is 3. The fourth-order valence-electron chi connectivity index (χ4n) is 4.96. The van der Waals surface area contributed by atoms with Crippen LogP contribution in [0.15, 0.2) is 60.8 Å². The number of hydrogen-bond acceptors (Lipinski definition) is 9. The van der Waals surface area contributed by atoms with Gasteiger partial charge in [-0.05, 0) is 68.9 Å². The van der Waals surface area contributed by atoms with Crippen LogP contribution in [0.25, 0.3) is 11.0 Å². The number of methoxy groups -OCH3 is 1. The molecule has 2 heterocycles. The average molecular weight is 534 g/mol. The molecule has 9 nitrogen and oxygen atoms in total. The number of hydrogen-bond donors (Lipinski definition) is 1. The van der Waals surface area contributed by atoms with Gasteiger partial charge < -0.3 is 24.6 Å². The van der Waals surface area contributed by atoms with Crippen molar-refractivity contribution in [3.8, 4) is 23.6 Å². The molecule has 202 valence electrons. The molecular weight excluding hydrogens is 502 g/mol. The summed E-state index contributed by atoms with van der Waals surface area (Å²) in [6.07, 6.45) is 3.92. The van der Waals surface area contributed by atoms with Crippen molar-refractivity contribution >= 4 is 28.2 Å². The number of nitrogens with one attached hydrogen (secondary N) is 1. The average Bonchev–Trinajstić information content (AvgIpc) is 3.00. The summed E-state index contributed by atoms with van der Waals surface area (Å²) in [7, 11) is 5.82. The summed E-state index contributed by atoms with van der Waals surface area (Å²) in [4.78, 5) is 14.0. The van der Waals surface area contributed by atoms with Crippen LogP contribution in [-0.4, -0.2) is 55.2 Å². The van der Waals surface area contributed by atoms with Crippen molar-refractivity contribution in [1.82, 2.24) is 14.9 Å². The van der Waals surface area contributed by atoms with E-state index in [9.17, 15) is 5.26 Å². The highest BCUT2D eigenvalue weighted by Gasteiger charge is 2.22. The summed E-state index contributed by atoms with van der Waals surface area (Å²) >= 11 is 0. The molecule has 0 saturated carbocycles. The Kier molecular flexibility index (Phi) is 7.95. The van der Waals surface area contributed by atoms with Gasteiger partial charge in [-0.25, -0.2) is 4.98 Å². The van der Waals surface area contributed by atoms with E-state index >= 15 is 0 Å². The molecule has 1 N–H and O–H groups in total. The molecule has 1 aliphatic heterocycles. The lowest BCUT2D eigenvalue weighted by Crippen LogP contribution is -2.42. The van der Waals surface area contributed by atoms with Gasteiger partial charge in [0.1, 0.15) is 29.6 Å². The first-order valence-corrected chi connectivity index (χ1v) is 13.2. The third kappa shape index (κ3) is 5.75. The molecular formula is C31H31N7O2. The van der Waals surface area contributed by atoms with Gasteiger partial charge in [0.05, 0.1) is 36.1 Å². The van der Waals surface area contributed by atoms with Crippen LogP contribution in [0.5, 0.6) is 11.5 Å². The second-order valence-corrected chi connectivity index (χ2v) is 9.97. The third-order valence-corrected chi connectivity index (χ3v) is 7.23. The summed E-state index contributed by atoms with van der Waals surface area (Å²) in [6, 6.07) is 21.6. The number of aromatic nitrogens is 2. The highest BCUT2D eigenvalue weighted by molar-refractivity contribution is 5.89. The predicted molar refractivity (Wildman–Crippen MR) is 155 cm³/mol. The maximum absolute atomic E-state index is 10.1. The highest BCUT2D eigenvalue weighted by Crippen LogP contribution is 2.34. The Morgan fingerprint density at radius 3 is 2.58 bits per heavy atom. The van der Waals surface area contributed by atoms with Crippen molar-refractivity contribution in [2.75, 3.05) is 44.5 Å². The molecule has 1 fully saturated rings. The minimum absolute atomic E-state index is 0.301. The summed E-state index contributed by atoms with van der Waals surface area (Å²) in [5, 5.41) is 22.6. The standard InChI is InChI=1S/C31H31N7O2/c1-37(2)24-11-13-38(14-12-24)30-19-34-27-9-8-26(25(18-33)31(27)36-30)35-23-7-10-28(29(16-23)39-3)40-20-22-6-4-5-21(15-22)17-32/h4-10,15-16,19,24,35H,11-14,20H2,1-3H3. The molecule has 0 spiro atoms. The predicted octanol–water partition coefficient (Wildman–Crippen LogP) is 5.23. The number of ether oxygens (including phenoxy) is 2. The molecule has 0 bridgehead atoms. The molecule has 0 aliphatic carbocycles. The molecule has 5 rings (SSSR count). The van der Waals surface area contributed by atoms with Gasteiger partial charge in [0, 0.05) is 30.9 Å². The molecule has 40 heavy (non-hydrogen) atoms. The second kappa shape index (κ2) is 11.9. The fourth-order valence-corrected chi connectivity index (χ4v) is 4.96. The smallest absolute Gasteiger partial charge is 0.162 e. The zero-order valence-electron chi connectivity index (χ0n) is 22.9. The molecule has 1 aliphatic rings. The number of fused-ring (bicyclic) bond motifs is 1. The van der Waals surface area contributed by atoms with E-state index < -0.39 is 0 Å². The largest absolute Gasteiger partial charge is 0.493 e. The maximum Gasteiger partial charge on any atom is 0.162 e. The minimum atomic E-state index is 0.301. The Labute approximate surface area is 234 Å². The molecule has 3 aromatic carbocycles. The van der Waals surface area contributed by atoms with E-state index in [0.717, 1.165) is 43.0 Å². The Morgan fingerprint density at radius 1 is 1.02 bits per heavy atom. The monoisotopic (exact) mass is 533 g/mol. The van der Waals surface area contributed by atoms with Crippen molar-refractivity contribution in [1.29, 1.82) is 10.5 Å². The third-order valence-electron chi connectivity index (χ3n) is 7.23. The highest BCUT2D eigenvalue weighted by atomic mass is 16.5. The molecule has 1 aromatic heterocycles. The van der Waals surface area contributed by atoms with E-state index in [-0.39, 0.29) is 0 Å². The van der Waals surface area contributed by atoms with Gasteiger partial charge in [-0.2, -0.15) is 10.5 Å². The molecule has 0 unspecified atom stereocenters. The van der Waals surface area contributed by atoms with Crippen LogP contribution in [0.1, 0.15) is 29.5 Å². The van der Waals surface area contributed by atoms with Crippen molar-refractivity contribution in [3.05, 3.63) is 77.5 Å². The van der Waals surface area contributed by atoms with Crippen LogP contribution in [0.4, 0.5) is 17.2 Å². The molecule has 0 atom stereocenters. The van der Waals surface area contributed by atoms with Crippen molar-refractivity contribution in [2.24, 2.45) is 0 Å². The minimum Gasteiger partial charge on any atom is -0.493 e. The zero-order valence-corrected chi connectivity index (χ0v) is 22.9. The Balaban J connectivity index is 1.36. The summed E-state index contributed by atoms with van der Waals surface area (Å²) in [5.74, 6) is 1.91. The number of anilines is 3. The van der Waals surface area contributed by atoms with Crippen LogP contribution in [-0.2, 0) is 6.61 Å². The quantitative estimate of drug-likeness (QED) is 0.325. The van der Waals surface area contributed by atoms with Crippen LogP contribution in [0, 0.1) is 22.7 Å². The van der Waals surface area contributed by atoms with Crippen molar-refractivity contribution < 1.29 is 9.47 Å². The summed E-state index contributed by atoms with van der Waals surface area (Å²) in [6.45, 7) is 2.11. The molecule has 9 heteroatoms. The number of nitriles is 2. The van der Waals surface area contributed by atoms with E-state index in [2.05, 4.69) is 46.3 Å². The van der Waals surface area contributed by atoms with Crippen molar-refractivity contribution in [3.63, 3.8) is 0 Å². The molecule has 0 radical (unpaired) electrons. The van der Waals surface area contributed by atoms with E-state index in [4.69, 9.17) is 19.7 Å². The zero-order chi connectivity index (χ0) is 28.1. The lowest BCUT2D eigenvalue weighted by molar-refractivity contribution is 0.249. The first kappa shape index (κ1) is 26.7. The SMILES string of the molecule is COc1cc(Nc2ccc3ncc(N4CCC(N(C)C)CC4)nc3c2C#N)ccc1OCc1cccc(C#N)c1. The van der Waals surface area contributed by atoms with Gasteiger partial charge in [-0.1, -0.05) is 12.1 Å². The first-order chi connectivity index (χ1) is 19.5. The van der Waals surface area contributed by atoms with Crippen LogP contribution in [0.3, 0.4) is 0 Å². The van der Waals surface area contributed by atoms with Gasteiger partial charge in [0.15, 0.2) is 11.5 Å². The number of rotatable bonds is 8. The van der Waals surface area contributed by atoms with Crippen LogP contribution >= 0.6 is 0 Å².